The van der Waals surface area contributed by atoms with Gasteiger partial charge in [-0.15, -0.1) is 0 Å². The molecule has 0 fully saturated rings. The Balaban J connectivity index is 1.93. The lowest BCUT2D eigenvalue weighted by molar-refractivity contribution is -0.138. The zero-order valence-electron chi connectivity index (χ0n) is 20.1. The van der Waals surface area contributed by atoms with Crippen molar-refractivity contribution in [2.75, 3.05) is 40.0 Å². The van der Waals surface area contributed by atoms with E-state index in [1.54, 1.807) is 11.0 Å². The van der Waals surface area contributed by atoms with E-state index in [4.69, 9.17) is 14.2 Å². The Bertz CT molecular complexity index is 873. The van der Waals surface area contributed by atoms with Crippen LogP contribution in [0.1, 0.15) is 38.2 Å². The highest BCUT2D eigenvalue weighted by molar-refractivity contribution is 5.96. The van der Waals surface area contributed by atoms with Gasteiger partial charge in [0.05, 0.1) is 37.7 Å². The number of benzene rings is 1. The summed E-state index contributed by atoms with van der Waals surface area (Å²) in [6.45, 7) is 4.88. The quantitative estimate of drug-likeness (QED) is 0.385. The number of hydrogen-bond acceptors (Lipinski definition) is 7. The Morgan fingerprint density at radius 1 is 1.24 bits per heavy atom. The standard InChI is InChI=1S/C25H36N2O7/c1-16(2)33-13-6-11-27(21(29)9-14-32-3)19-15-18(25(31)26-10-12-28)22-17-7-4-5-8-20(17)34-24(22)23(19)30/h4-5,7-8,15-16,19,22-24,28,30H,6,9-14H2,1-3H3,(H,26,31)/t19-,22+,23+,24+/m1/s1. The number of methoxy groups -OCH3 is 1. The first-order chi connectivity index (χ1) is 16.4. The number of nitrogens with one attached hydrogen (secondary N) is 1. The summed E-state index contributed by atoms with van der Waals surface area (Å²) in [7, 11) is 1.53. The molecule has 4 atom stereocenters. The minimum Gasteiger partial charge on any atom is -0.486 e. The molecular weight excluding hydrogens is 440 g/mol. The number of carbonyl (C=O) groups excluding carboxylic acids is 2. The fraction of sp³-hybridized carbons (Fsp3) is 0.600. The van der Waals surface area contributed by atoms with Gasteiger partial charge in [-0.2, -0.15) is 0 Å². The normalized spacial score (nSPS) is 23.1. The Labute approximate surface area is 200 Å². The van der Waals surface area contributed by atoms with Crippen molar-refractivity contribution in [2.45, 2.75) is 57.0 Å². The maximum Gasteiger partial charge on any atom is 0.247 e. The van der Waals surface area contributed by atoms with Crippen LogP contribution in [0.3, 0.4) is 0 Å². The molecule has 0 spiro atoms. The third-order valence-electron chi connectivity index (χ3n) is 6.07. The third-order valence-corrected chi connectivity index (χ3v) is 6.07. The van der Waals surface area contributed by atoms with Gasteiger partial charge in [-0.25, -0.2) is 0 Å². The summed E-state index contributed by atoms with van der Waals surface area (Å²) in [4.78, 5) is 27.8. The van der Waals surface area contributed by atoms with Gasteiger partial charge in [0.15, 0.2) is 0 Å². The van der Waals surface area contributed by atoms with Crippen LogP contribution >= 0.6 is 0 Å². The van der Waals surface area contributed by atoms with Crippen LogP contribution in [0.5, 0.6) is 5.75 Å². The third kappa shape index (κ3) is 5.96. The van der Waals surface area contributed by atoms with Gasteiger partial charge in [0.25, 0.3) is 0 Å². The molecule has 3 N–H and O–H groups in total. The van der Waals surface area contributed by atoms with Gasteiger partial charge >= 0.3 is 0 Å². The van der Waals surface area contributed by atoms with E-state index in [1.807, 2.05) is 38.1 Å². The predicted molar refractivity (Wildman–Crippen MR) is 125 cm³/mol. The highest BCUT2D eigenvalue weighted by atomic mass is 16.5. The van der Waals surface area contributed by atoms with Crippen LogP contribution in [-0.2, 0) is 19.1 Å². The molecule has 0 bridgehead atoms. The monoisotopic (exact) mass is 476 g/mol. The lowest BCUT2D eigenvalue weighted by Crippen LogP contribution is -2.56. The number of fused-ring (bicyclic) bond motifs is 3. The first kappa shape index (κ1) is 26.2. The molecule has 0 unspecified atom stereocenters. The van der Waals surface area contributed by atoms with Gasteiger partial charge in [-0.1, -0.05) is 18.2 Å². The molecule has 1 aromatic carbocycles. The van der Waals surface area contributed by atoms with E-state index in [2.05, 4.69) is 5.32 Å². The molecule has 0 radical (unpaired) electrons. The zero-order valence-corrected chi connectivity index (χ0v) is 20.1. The van der Waals surface area contributed by atoms with E-state index in [1.165, 1.54) is 7.11 Å². The second kappa shape index (κ2) is 12.3. The fourth-order valence-corrected chi connectivity index (χ4v) is 4.52. The largest absolute Gasteiger partial charge is 0.486 e. The van der Waals surface area contributed by atoms with Crippen LogP contribution in [0, 0.1) is 0 Å². The van der Waals surface area contributed by atoms with Gasteiger partial charge in [-0.05, 0) is 32.4 Å². The van der Waals surface area contributed by atoms with E-state index in [0.717, 1.165) is 5.56 Å². The molecule has 9 heteroatoms. The van der Waals surface area contributed by atoms with E-state index < -0.39 is 24.2 Å². The van der Waals surface area contributed by atoms with Gasteiger partial charge in [0, 0.05) is 37.9 Å². The molecule has 1 aliphatic carbocycles. The summed E-state index contributed by atoms with van der Waals surface area (Å²) in [6, 6.07) is 6.63. The first-order valence-corrected chi connectivity index (χ1v) is 11.8. The average molecular weight is 477 g/mol. The summed E-state index contributed by atoms with van der Waals surface area (Å²) < 4.78 is 16.8. The van der Waals surface area contributed by atoms with Crippen molar-refractivity contribution >= 4 is 11.8 Å². The number of para-hydroxylation sites is 1. The number of amides is 2. The molecule has 0 saturated carbocycles. The number of hydrogen-bond donors (Lipinski definition) is 3. The van der Waals surface area contributed by atoms with E-state index >= 15 is 0 Å². The molecule has 188 valence electrons. The lowest BCUT2D eigenvalue weighted by atomic mass is 9.77. The van der Waals surface area contributed by atoms with Gasteiger partial charge in [0.1, 0.15) is 18.0 Å². The molecule has 3 rings (SSSR count). The molecule has 0 aromatic heterocycles. The molecular formula is C25H36N2O7. The van der Waals surface area contributed by atoms with Crippen LogP contribution < -0.4 is 10.1 Å². The van der Waals surface area contributed by atoms with Crippen LogP contribution in [0.2, 0.25) is 0 Å². The highest BCUT2D eigenvalue weighted by Gasteiger charge is 2.50. The van der Waals surface area contributed by atoms with Crippen molar-refractivity contribution in [3.05, 3.63) is 41.5 Å². The van der Waals surface area contributed by atoms with Crippen molar-refractivity contribution in [2.24, 2.45) is 0 Å². The molecule has 1 heterocycles. The zero-order chi connectivity index (χ0) is 24.7. The molecule has 2 aliphatic rings. The van der Waals surface area contributed by atoms with Crippen LogP contribution in [0.15, 0.2) is 35.9 Å². The molecule has 0 saturated heterocycles. The summed E-state index contributed by atoms with van der Waals surface area (Å²) >= 11 is 0. The average Bonchev–Trinajstić information content (AvgIpc) is 3.22. The Kier molecular flexibility index (Phi) is 9.46. The maximum absolute atomic E-state index is 13.1. The summed E-state index contributed by atoms with van der Waals surface area (Å²) in [5.74, 6) is -0.397. The number of rotatable bonds is 12. The van der Waals surface area contributed by atoms with Crippen molar-refractivity contribution in [3.8, 4) is 5.75 Å². The van der Waals surface area contributed by atoms with Crippen molar-refractivity contribution in [1.29, 1.82) is 0 Å². The number of carbonyl (C=O) groups is 2. The number of nitrogens with zero attached hydrogens (tertiary/aromatic N) is 1. The summed E-state index contributed by atoms with van der Waals surface area (Å²) in [6.07, 6.45) is 0.731. The molecule has 34 heavy (non-hydrogen) atoms. The number of ether oxygens (including phenoxy) is 3. The van der Waals surface area contributed by atoms with E-state index in [0.29, 0.717) is 30.9 Å². The van der Waals surface area contributed by atoms with Crippen LogP contribution in [0.4, 0.5) is 0 Å². The van der Waals surface area contributed by atoms with Gasteiger partial charge < -0.3 is 34.6 Å². The second-order valence-corrected chi connectivity index (χ2v) is 8.78. The fourth-order valence-electron chi connectivity index (χ4n) is 4.52. The van der Waals surface area contributed by atoms with Gasteiger partial charge in [-0.3, -0.25) is 9.59 Å². The SMILES string of the molecule is COCCC(=O)N(CCCOC(C)C)[C@@H]1C=C(C(=O)NCCO)[C@@H]2c3ccccc3O[C@@H]2[C@H]1O. The van der Waals surface area contributed by atoms with E-state index in [-0.39, 0.29) is 44.1 Å². The molecule has 1 aromatic rings. The molecule has 2 amide bonds. The minimum atomic E-state index is -1.04. The Hall–Kier alpha value is -2.46. The summed E-state index contributed by atoms with van der Waals surface area (Å²) in [5, 5.41) is 23.3. The maximum atomic E-state index is 13.1. The van der Waals surface area contributed by atoms with E-state index in [9.17, 15) is 19.8 Å². The lowest BCUT2D eigenvalue weighted by Gasteiger charge is -2.40. The first-order valence-electron chi connectivity index (χ1n) is 11.8. The highest BCUT2D eigenvalue weighted by Crippen LogP contribution is 2.47. The molecule has 9 nitrogen and oxygen atoms in total. The second-order valence-electron chi connectivity index (χ2n) is 8.78. The van der Waals surface area contributed by atoms with Crippen molar-refractivity contribution in [3.63, 3.8) is 0 Å². The number of aliphatic hydroxyl groups is 2. The van der Waals surface area contributed by atoms with Gasteiger partial charge in [0.2, 0.25) is 11.8 Å². The smallest absolute Gasteiger partial charge is 0.247 e. The topological polar surface area (TPSA) is 118 Å². The Morgan fingerprint density at radius 2 is 2.00 bits per heavy atom. The Morgan fingerprint density at radius 3 is 2.71 bits per heavy atom. The van der Waals surface area contributed by atoms with Crippen LogP contribution in [0.25, 0.3) is 0 Å². The minimum absolute atomic E-state index is 0.0748. The van der Waals surface area contributed by atoms with Crippen molar-refractivity contribution < 1.29 is 34.0 Å². The predicted octanol–water partition coefficient (Wildman–Crippen LogP) is 0.989. The molecule has 1 aliphatic heterocycles. The number of aliphatic hydroxyl groups excluding tert-OH is 2. The van der Waals surface area contributed by atoms with Crippen LogP contribution in [-0.4, -0.2) is 91.3 Å². The van der Waals surface area contributed by atoms with Crippen molar-refractivity contribution in [1.82, 2.24) is 10.2 Å². The summed E-state index contributed by atoms with van der Waals surface area (Å²) in [5.41, 5.74) is 1.24.